The van der Waals surface area contributed by atoms with Crippen molar-refractivity contribution in [3.63, 3.8) is 0 Å². The zero-order chi connectivity index (χ0) is 24.3. The van der Waals surface area contributed by atoms with Crippen LogP contribution < -0.4 is 10.1 Å². The van der Waals surface area contributed by atoms with Crippen LogP contribution in [-0.2, 0) is 14.7 Å². The van der Waals surface area contributed by atoms with E-state index in [1.165, 1.54) is 10.9 Å². The molecule has 2 aliphatic heterocycles. The van der Waals surface area contributed by atoms with Gasteiger partial charge in [-0.05, 0) is 25.2 Å². The highest BCUT2D eigenvalue weighted by Gasteiger charge is 2.43. The van der Waals surface area contributed by atoms with Gasteiger partial charge in [-0.1, -0.05) is 6.92 Å². The first-order valence-electron chi connectivity index (χ1n) is 11.0. The molecule has 6 radical (unpaired) electrons. The fraction of sp³-hybridized carbons (Fsp3) is 0.524. The van der Waals surface area contributed by atoms with Gasteiger partial charge in [0.2, 0.25) is 5.95 Å². The third-order valence-electron chi connectivity index (χ3n) is 6.31. The molecule has 2 saturated heterocycles. The van der Waals surface area contributed by atoms with Gasteiger partial charge < -0.3 is 24.1 Å². The van der Waals surface area contributed by atoms with Crippen LogP contribution in [0.15, 0.2) is 18.5 Å². The fourth-order valence-electron chi connectivity index (χ4n) is 4.11. The number of rotatable bonds is 6. The molecule has 2 aliphatic rings. The van der Waals surface area contributed by atoms with Crippen LogP contribution in [0.25, 0.3) is 11.0 Å². The maximum Gasteiger partial charge on any atom is 0.257 e. The zero-order valence-corrected chi connectivity index (χ0v) is 19.2. The minimum Gasteiger partial charge on any atom is -0.466 e. The van der Waals surface area contributed by atoms with Gasteiger partial charge in [-0.25, -0.2) is 4.98 Å². The molecule has 0 aliphatic carbocycles. The van der Waals surface area contributed by atoms with E-state index in [1.54, 1.807) is 12.3 Å². The highest BCUT2D eigenvalue weighted by Crippen LogP contribution is 2.35. The van der Waals surface area contributed by atoms with Crippen molar-refractivity contribution in [1.82, 2.24) is 24.3 Å². The molecular weight excluding hydrogens is 431 g/mol. The summed E-state index contributed by atoms with van der Waals surface area (Å²) in [7, 11) is 17.5. The number of nitrogens with one attached hydrogen (secondary N) is 1. The predicted octanol–water partition coefficient (Wildman–Crippen LogP) is 1.08. The summed E-state index contributed by atoms with van der Waals surface area (Å²) in [4.78, 5) is 9.10. The highest BCUT2D eigenvalue weighted by atomic mass is 16.6. The van der Waals surface area contributed by atoms with E-state index < -0.39 is 10.8 Å². The second-order valence-corrected chi connectivity index (χ2v) is 9.39. The average molecular weight is 453 g/mol. The molecule has 2 fully saturated rings. The van der Waals surface area contributed by atoms with Gasteiger partial charge in [-0.3, -0.25) is 4.68 Å². The van der Waals surface area contributed by atoms with Gasteiger partial charge in [0.15, 0.2) is 6.10 Å². The molecule has 3 aromatic rings. The largest absolute Gasteiger partial charge is 0.466 e. The number of aromatic nitrogens is 5. The van der Waals surface area contributed by atoms with E-state index in [0.29, 0.717) is 36.8 Å². The van der Waals surface area contributed by atoms with Crippen molar-refractivity contribution >= 4 is 46.2 Å². The lowest BCUT2D eigenvalue weighted by molar-refractivity contribution is -0.208. The molecule has 168 valence electrons. The first-order valence-corrected chi connectivity index (χ1v) is 11.0. The Morgan fingerprint density at radius 3 is 2.68 bits per heavy atom. The minimum atomic E-state index is -1.73. The van der Waals surface area contributed by atoms with Crippen LogP contribution in [0.5, 0.6) is 5.88 Å². The van der Waals surface area contributed by atoms with Gasteiger partial charge in [0, 0.05) is 17.5 Å². The Kier molecular flexibility index (Phi) is 5.41. The summed E-state index contributed by atoms with van der Waals surface area (Å²) in [6.45, 7) is 7.51. The van der Waals surface area contributed by atoms with Crippen molar-refractivity contribution < 1.29 is 14.2 Å². The maximum atomic E-state index is 9.69. The molecule has 5 rings (SSSR count). The van der Waals surface area contributed by atoms with E-state index in [0.717, 1.165) is 5.39 Å². The number of anilines is 2. The second kappa shape index (κ2) is 8.06. The second-order valence-electron chi connectivity index (χ2n) is 9.39. The first-order chi connectivity index (χ1) is 16.1. The SMILES string of the molecule is [B]C([B])([B])n1cc(Nc2ncc3cc(C#N)n([C@H]4COCC4C)c3n2)c(OC2COC2(C)C)n1. The Bertz CT molecular complexity index is 1280. The first kappa shape index (κ1) is 22.8. The Labute approximate surface area is 201 Å². The van der Waals surface area contributed by atoms with E-state index in [9.17, 15) is 5.26 Å². The monoisotopic (exact) mass is 453 g/mol. The Morgan fingerprint density at radius 1 is 1.29 bits per heavy atom. The molecule has 13 heteroatoms. The molecule has 0 bridgehead atoms. The highest BCUT2D eigenvalue weighted by molar-refractivity contribution is 6.56. The molecule has 3 atom stereocenters. The molecule has 1 N–H and O–H groups in total. The maximum absolute atomic E-state index is 9.69. The average Bonchev–Trinajstić information content (AvgIpc) is 3.47. The van der Waals surface area contributed by atoms with Crippen molar-refractivity contribution in [2.75, 3.05) is 25.1 Å². The van der Waals surface area contributed by atoms with Crippen LogP contribution in [0, 0.1) is 17.2 Å². The van der Waals surface area contributed by atoms with E-state index in [1.807, 2.05) is 18.4 Å². The number of hydrogen-bond donors (Lipinski definition) is 1. The van der Waals surface area contributed by atoms with Crippen molar-refractivity contribution in [3.8, 4) is 11.9 Å². The quantitative estimate of drug-likeness (QED) is 0.553. The molecule has 34 heavy (non-hydrogen) atoms. The number of nitriles is 1. The van der Waals surface area contributed by atoms with Gasteiger partial charge in [-0.15, -0.1) is 5.10 Å². The van der Waals surface area contributed by atoms with E-state index in [4.69, 9.17) is 42.7 Å². The van der Waals surface area contributed by atoms with Crippen LogP contribution in [0.2, 0.25) is 0 Å². The van der Waals surface area contributed by atoms with Crippen LogP contribution in [0.1, 0.15) is 32.5 Å². The zero-order valence-electron chi connectivity index (χ0n) is 19.2. The molecule has 0 saturated carbocycles. The molecule has 5 heterocycles. The minimum absolute atomic E-state index is 0.00438. The van der Waals surface area contributed by atoms with Crippen molar-refractivity contribution in [1.29, 1.82) is 5.26 Å². The Balaban J connectivity index is 1.51. The third-order valence-corrected chi connectivity index (χ3v) is 6.31. The number of fused-ring (bicyclic) bond motifs is 1. The number of nitrogens with zero attached hydrogens (tertiary/aromatic N) is 6. The fourth-order valence-corrected chi connectivity index (χ4v) is 4.11. The van der Waals surface area contributed by atoms with E-state index >= 15 is 0 Å². The predicted molar refractivity (Wildman–Crippen MR) is 126 cm³/mol. The standard InChI is InChI=1S/C21H22B3N7O3/c1-11-8-32-9-15(11)31-13(5-25)4-12-6-26-19(28-17(12)31)27-14-7-30(21(22,23)24)29-18(14)34-16-10-33-20(16,2)3/h4,6-7,11,15-16H,8-10H2,1-3H3,(H,26,27,28)/t11?,15-,16?/m0/s1. The van der Waals surface area contributed by atoms with Gasteiger partial charge in [-0.2, -0.15) is 10.2 Å². The van der Waals surface area contributed by atoms with Crippen LogP contribution in [0.4, 0.5) is 11.6 Å². The van der Waals surface area contributed by atoms with Gasteiger partial charge >= 0.3 is 0 Å². The Morgan fingerprint density at radius 2 is 2.09 bits per heavy atom. The smallest absolute Gasteiger partial charge is 0.257 e. The molecule has 0 aromatic carbocycles. The lowest BCUT2D eigenvalue weighted by Crippen LogP contribution is -2.56. The molecule has 3 aromatic heterocycles. The van der Waals surface area contributed by atoms with Gasteiger partial charge in [0.1, 0.15) is 28.7 Å². The van der Waals surface area contributed by atoms with Gasteiger partial charge in [0.25, 0.3) is 5.88 Å². The lowest BCUT2D eigenvalue weighted by atomic mass is 9.49. The lowest BCUT2D eigenvalue weighted by Gasteiger charge is -2.43. The molecule has 0 amide bonds. The normalized spacial score (nSPS) is 24.0. The van der Waals surface area contributed by atoms with Crippen LogP contribution in [0.3, 0.4) is 0 Å². The van der Waals surface area contributed by atoms with Crippen molar-refractivity contribution in [3.05, 3.63) is 24.2 Å². The summed E-state index contributed by atoms with van der Waals surface area (Å²) >= 11 is 0. The molecule has 0 spiro atoms. The molecular formula is C21H22B3N7O3. The molecule has 2 unspecified atom stereocenters. The Hall–Kier alpha value is -2.97. The number of ether oxygens (including phenoxy) is 3. The summed E-state index contributed by atoms with van der Waals surface area (Å²) in [6, 6.07) is 4.04. The van der Waals surface area contributed by atoms with Gasteiger partial charge in [0.05, 0.1) is 55.6 Å². The topological polar surface area (TPSA) is 112 Å². The van der Waals surface area contributed by atoms with Crippen LogP contribution in [-0.4, -0.2) is 79.4 Å². The summed E-state index contributed by atoms with van der Waals surface area (Å²) in [5, 5.41) is 16.2. The van der Waals surface area contributed by atoms with E-state index in [2.05, 4.69) is 28.4 Å². The van der Waals surface area contributed by atoms with E-state index in [-0.39, 0.29) is 29.9 Å². The van der Waals surface area contributed by atoms with Crippen molar-refractivity contribution in [2.45, 2.75) is 43.8 Å². The summed E-state index contributed by atoms with van der Waals surface area (Å²) < 4.78 is 20.4. The molecule has 10 nitrogen and oxygen atoms in total. The van der Waals surface area contributed by atoms with Crippen LogP contribution >= 0.6 is 0 Å². The number of hydrogen-bond acceptors (Lipinski definition) is 8. The summed E-state index contributed by atoms with van der Waals surface area (Å²) in [5.74, 6) is 0.766. The summed E-state index contributed by atoms with van der Waals surface area (Å²) in [5.41, 5.74) is 1.11. The summed E-state index contributed by atoms with van der Waals surface area (Å²) in [6.07, 6.45) is 2.97. The van der Waals surface area contributed by atoms with Crippen molar-refractivity contribution in [2.24, 2.45) is 5.92 Å². The third kappa shape index (κ3) is 3.95.